The Morgan fingerprint density at radius 1 is 0.805 bits per heavy atom. The molecule has 0 aliphatic carbocycles. The Morgan fingerprint density at radius 2 is 1.51 bits per heavy atom. The van der Waals surface area contributed by atoms with Crippen molar-refractivity contribution in [2.75, 3.05) is 37.6 Å². The van der Waals surface area contributed by atoms with Gasteiger partial charge >= 0.3 is 0 Å². The first-order valence-corrected chi connectivity index (χ1v) is 14.4. The van der Waals surface area contributed by atoms with Crippen LogP contribution in [0.5, 0.6) is 5.75 Å². The number of thioether (sulfide) groups is 1. The molecule has 41 heavy (non-hydrogen) atoms. The van der Waals surface area contributed by atoms with Crippen LogP contribution < -0.4 is 9.64 Å². The minimum atomic E-state index is -0.458. The number of anilines is 1. The number of nitrogens with zero attached hydrogens (tertiary/aromatic N) is 3. The van der Waals surface area contributed by atoms with Crippen LogP contribution in [-0.2, 0) is 16.2 Å². The number of piperazine rings is 1. The van der Waals surface area contributed by atoms with Crippen molar-refractivity contribution < 1.29 is 19.1 Å². The summed E-state index contributed by atoms with van der Waals surface area (Å²) in [6.45, 7) is 2.59. The Morgan fingerprint density at radius 3 is 2.34 bits per heavy atom. The van der Waals surface area contributed by atoms with Gasteiger partial charge in [0.15, 0.2) is 0 Å². The summed E-state index contributed by atoms with van der Waals surface area (Å²) in [5.41, 5.74) is 2.87. The maximum absolute atomic E-state index is 13.2. The van der Waals surface area contributed by atoms with Gasteiger partial charge in [0.1, 0.15) is 18.9 Å². The highest BCUT2D eigenvalue weighted by atomic mass is 32.2. The number of carbonyl (C=O) groups is 3. The average molecular weight is 564 g/mol. The summed E-state index contributed by atoms with van der Waals surface area (Å²) < 4.78 is 6.19. The first-order chi connectivity index (χ1) is 20.1. The van der Waals surface area contributed by atoms with Gasteiger partial charge in [-0.15, -0.1) is 0 Å². The van der Waals surface area contributed by atoms with Crippen molar-refractivity contribution >= 4 is 51.4 Å². The molecule has 8 heteroatoms. The van der Waals surface area contributed by atoms with Crippen molar-refractivity contribution in [3.8, 4) is 5.75 Å². The van der Waals surface area contributed by atoms with E-state index in [1.807, 2.05) is 66.7 Å². The first-order valence-electron chi connectivity index (χ1n) is 13.6. The second-order valence-corrected chi connectivity index (χ2v) is 10.9. The molecule has 0 N–H and O–H groups in total. The van der Waals surface area contributed by atoms with Crippen molar-refractivity contribution in [1.29, 1.82) is 0 Å². The Hall–Kier alpha value is -4.56. The summed E-state index contributed by atoms with van der Waals surface area (Å²) >= 11 is 0.852. The predicted octanol–water partition coefficient (Wildman–Crippen LogP) is 5.80. The fraction of sp³-hybridized carbons (Fsp3) is 0.182. The molecule has 2 heterocycles. The highest BCUT2D eigenvalue weighted by Crippen LogP contribution is 2.34. The van der Waals surface area contributed by atoms with Crippen LogP contribution >= 0.6 is 11.8 Å². The number of fused-ring (bicyclic) bond motifs is 1. The van der Waals surface area contributed by atoms with E-state index in [-0.39, 0.29) is 17.4 Å². The Kier molecular flexibility index (Phi) is 7.73. The Labute approximate surface area is 243 Å². The molecule has 0 bridgehead atoms. The maximum atomic E-state index is 13.2. The van der Waals surface area contributed by atoms with Crippen LogP contribution in [0.2, 0.25) is 0 Å². The molecule has 2 aliphatic heterocycles. The lowest BCUT2D eigenvalue weighted by Crippen LogP contribution is -2.51. The molecular weight excluding hydrogens is 534 g/mol. The summed E-state index contributed by atoms with van der Waals surface area (Å²) in [5, 5.41) is 1.83. The van der Waals surface area contributed by atoms with E-state index in [9.17, 15) is 14.4 Å². The largest absolute Gasteiger partial charge is 0.488 e. The van der Waals surface area contributed by atoms with Crippen molar-refractivity contribution in [2.24, 2.45) is 0 Å². The van der Waals surface area contributed by atoms with Gasteiger partial charge in [-0.2, -0.15) is 0 Å². The predicted molar refractivity (Wildman–Crippen MR) is 163 cm³/mol. The summed E-state index contributed by atoms with van der Waals surface area (Å²) in [7, 11) is 0. The lowest BCUT2D eigenvalue weighted by Gasteiger charge is -2.36. The molecule has 2 fully saturated rings. The van der Waals surface area contributed by atoms with Gasteiger partial charge in [-0.1, -0.05) is 78.9 Å². The highest BCUT2D eigenvalue weighted by Gasteiger charge is 2.37. The molecule has 206 valence electrons. The van der Waals surface area contributed by atoms with Crippen molar-refractivity contribution in [1.82, 2.24) is 9.80 Å². The summed E-state index contributed by atoms with van der Waals surface area (Å²) in [6, 6.07) is 31.8. The van der Waals surface area contributed by atoms with Crippen LogP contribution in [0, 0.1) is 0 Å². The number of imide groups is 1. The van der Waals surface area contributed by atoms with Gasteiger partial charge in [-0.05, 0) is 52.4 Å². The van der Waals surface area contributed by atoms with Crippen LogP contribution in [0.3, 0.4) is 0 Å². The topological polar surface area (TPSA) is 70.2 Å². The summed E-state index contributed by atoms with van der Waals surface area (Å²) in [4.78, 5) is 44.3. The van der Waals surface area contributed by atoms with Crippen molar-refractivity contribution in [2.45, 2.75) is 6.61 Å². The Balaban J connectivity index is 1.10. The number of ether oxygens (including phenoxy) is 1. The smallest absolute Gasteiger partial charge is 0.294 e. The van der Waals surface area contributed by atoms with Crippen LogP contribution in [0.25, 0.3) is 16.8 Å². The SMILES string of the molecule is O=C(CN1C(=O)S/C(=C\c2ccccc2OCc2cccc3ccccc23)C1=O)N1CCN(c2ccccc2)CC1. The van der Waals surface area contributed by atoms with Crippen LogP contribution in [0.1, 0.15) is 11.1 Å². The number of carbonyl (C=O) groups excluding carboxylic acids is 3. The van der Waals surface area contributed by atoms with E-state index < -0.39 is 11.1 Å². The van der Waals surface area contributed by atoms with E-state index in [2.05, 4.69) is 35.2 Å². The third-order valence-electron chi connectivity index (χ3n) is 7.39. The number of amides is 3. The standard InChI is InChI=1S/C33H29N3O4S/c37-31(35-19-17-34(18-20-35)27-13-2-1-3-14-27)22-36-32(38)30(41-33(36)39)21-25-10-5-7-16-29(25)40-23-26-12-8-11-24-9-4-6-15-28(24)26/h1-16,21H,17-20,22-23H2/b30-21-. The number of hydrogen-bond donors (Lipinski definition) is 0. The molecule has 0 spiro atoms. The summed E-state index contributed by atoms with van der Waals surface area (Å²) in [6.07, 6.45) is 1.67. The van der Waals surface area contributed by atoms with E-state index >= 15 is 0 Å². The van der Waals surface area contributed by atoms with Crippen LogP contribution in [0.4, 0.5) is 10.5 Å². The second kappa shape index (κ2) is 11.9. The van der Waals surface area contributed by atoms with Gasteiger partial charge in [0, 0.05) is 37.4 Å². The number of para-hydroxylation sites is 2. The van der Waals surface area contributed by atoms with Crippen LogP contribution in [-0.4, -0.2) is 59.6 Å². The zero-order chi connectivity index (χ0) is 28.2. The van der Waals surface area contributed by atoms with Gasteiger partial charge in [-0.25, -0.2) is 0 Å². The molecule has 6 rings (SSSR count). The normalized spacial score (nSPS) is 16.6. The minimum Gasteiger partial charge on any atom is -0.488 e. The van der Waals surface area contributed by atoms with E-state index in [0.717, 1.165) is 38.7 Å². The molecule has 3 amide bonds. The third-order valence-corrected chi connectivity index (χ3v) is 8.30. The maximum Gasteiger partial charge on any atom is 0.294 e. The van der Waals surface area contributed by atoms with Gasteiger partial charge in [0.05, 0.1) is 4.91 Å². The molecule has 0 unspecified atom stereocenters. The number of hydrogen-bond acceptors (Lipinski definition) is 6. The number of rotatable bonds is 7. The monoisotopic (exact) mass is 563 g/mol. The summed E-state index contributed by atoms with van der Waals surface area (Å²) in [5.74, 6) is -0.0696. The van der Waals surface area contributed by atoms with E-state index in [1.165, 1.54) is 0 Å². The molecule has 0 aromatic heterocycles. The lowest BCUT2D eigenvalue weighted by molar-refractivity contribution is -0.136. The fourth-order valence-electron chi connectivity index (χ4n) is 5.17. The van der Waals surface area contributed by atoms with Crippen molar-refractivity contribution in [3.05, 3.63) is 113 Å². The van der Waals surface area contributed by atoms with Crippen LogP contribution in [0.15, 0.2) is 102 Å². The lowest BCUT2D eigenvalue weighted by atomic mass is 10.1. The highest BCUT2D eigenvalue weighted by molar-refractivity contribution is 8.18. The van der Waals surface area contributed by atoms with Gasteiger partial charge < -0.3 is 14.5 Å². The molecule has 0 radical (unpaired) electrons. The van der Waals surface area contributed by atoms with Gasteiger partial charge in [0.25, 0.3) is 11.1 Å². The molecule has 4 aromatic carbocycles. The molecule has 0 atom stereocenters. The zero-order valence-electron chi connectivity index (χ0n) is 22.4. The molecule has 2 aliphatic rings. The molecule has 4 aromatic rings. The van der Waals surface area contributed by atoms with E-state index in [1.54, 1.807) is 11.0 Å². The second-order valence-electron chi connectivity index (χ2n) is 9.94. The molecule has 2 saturated heterocycles. The molecular formula is C33H29N3O4S. The fourth-order valence-corrected chi connectivity index (χ4v) is 6.00. The average Bonchev–Trinajstić information content (AvgIpc) is 3.28. The van der Waals surface area contributed by atoms with Gasteiger partial charge in [0.2, 0.25) is 5.91 Å². The molecule has 0 saturated carbocycles. The van der Waals surface area contributed by atoms with Gasteiger partial charge in [-0.3, -0.25) is 19.3 Å². The zero-order valence-corrected chi connectivity index (χ0v) is 23.3. The van der Waals surface area contributed by atoms with E-state index in [4.69, 9.17) is 4.74 Å². The van der Waals surface area contributed by atoms with E-state index in [0.29, 0.717) is 44.1 Å². The third kappa shape index (κ3) is 5.83. The first kappa shape index (κ1) is 26.7. The Bertz CT molecular complexity index is 1620. The van der Waals surface area contributed by atoms with Crippen molar-refractivity contribution in [3.63, 3.8) is 0 Å². The minimum absolute atomic E-state index is 0.222. The number of benzene rings is 4. The molecule has 7 nitrogen and oxygen atoms in total. The quantitative estimate of drug-likeness (QED) is 0.265.